The lowest BCUT2D eigenvalue weighted by atomic mass is 10.2. The van der Waals surface area contributed by atoms with Crippen molar-refractivity contribution in [2.24, 2.45) is 0 Å². The molecule has 9 nitrogen and oxygen atoms in total. The van der Waals surface area contributed by atoms with Gasteiger partial charge in [0, 0.05) is 31.6 Å². The third-order valence-electron chi connectivity index (χ3n) is 5.56. The number of nitrogens with one attached hydrogen (secondary N) is 4. The van der Waals surface area contributed by atoms with E-state index in [0.717, 1.165) is 44.2 Å². The Labute approximate surface area is 238 Å². The molecule has 0 saturated heterocycles. The average Bonchev–Trinajstić information content (AvgIpc) is 2.92. The Morgan fingerprint density at radius 3 is 1.67 bits per heavy atom. The van der Waals surface area contributed by atoms with Gasteiger partial charge in [-0.1, -0.05) is 64.8 Å². The second-order valence-corrected chi connectivity index (χ2v) is 11.4. The zero-order chi connectivity index (χ0) is 28.1. The summed E-state index contributed by atoms with van der Waals surface area (Å²) in [7, 11) is 2.70. The monoisotopic (exact) mass is 573 g/mol. The van der Waals surface area contributed by atoms with Crippen LogP contribution in [0.25, 0.3) is 0 Å². The van der Waals surface area contributed by atoms with Gasteiger partial charge in [-0.3, -0.25) is 19.2 Å². The molecule has 2 rings (SSSR count). The number of para-hydroxylation sites is 3. The summed E-state index contributed by atoms with van der Waals surface area (Å²) in [6, 6.07) is 16.5. The lowest BCUT2D eigenvalue weighted by Gasteiger charge is -2.08. The number of unbranched alkanes of at least 4 members (excludes halogenated alkanes) is 4. The van der Waals surface area contributed by atoms with Crippen LogP contribution in [0.4, 0.5) is 17.1 Å². The molecular weight excluding hydrogens is 534 g/mol. The summed E-state index contributed by atoms with van der Waals surface area (Å²) in [5.74, 6) is 0.364. The fourth-order valence-corrected chi connectivity index (χ4v) is 5.22. The zero-order valence-electron chi connectivity index (χ0n) is 22.2. The molecule has 0 heterocycles. The van der Waals surface area contributed by atoms with Crippen LogP contribution in [0.15, 0.2) is 54.6 Å². The van der Waals surface area contributed by atoms with Crippen molar-refractivity contribution in [3.05, 3.63) is 54.6 Å². The molecule has 2 aromatic carbocycles. The minimum atomic E-state index is -0.0713. The normalized spacial score (nSPS) is 10.5. The van der Waals surface area contributed by atoms with E-state index in [1.165, 1.54) is 21.6 Å². The summed E-state index contributed by atoms with van der Waals surface area (Å²) in [5, 5.41) is 11.4. The predicted molar refractivity (Wildman–Crippen MR) is 162 cm³/mol. The third-order valence-corrected chi connectivity index (χ3v) is 7.70. The lowest BCUT2D eigenvalue weighted by Crippen LogP contribution is -2.27. The van der Waals surface area contributed by atoms with E-state index in [9.17, 15) is 19.2 Å². The second-order valence-electron chi connectivity index (χ2n) is 8.90. The number of hydrogen-bond donors (Lipinski definition) is 5. The van der Waals surface area contributed by atoms with Crippen LogP contribution < -0.4 is 27.0 Å². The van der Waals surface area contributed by atoms with Gasteiger partial charge in [-0.05, 0) is 49.9 Å². The first-order valence-electron chi connectivity index (χ1n) is 13.2. The Morgan fingerprint density at radius 1 is 0.590 bits per heavy atom. The SMILES string of the molecule is Nc1ccccc1NC(=O)CCCCCNC(=O)CSSCC(=O)NCCCCCC(=O)Nc1ccccc1. The molecule has 6 N–H and O–H groups in total. The fraction of sp³-hybridized carbons (Fsp3) is 0.429. The molecule has 0 unspecified atom stereocenters. The van der Waals surface area contributed by atoms with Crippen LogP contribution in [-0.2, 0) is 19.2 Å². The van der Waals surface area contributed by atoms with Crippen molar-refractivity contribution in [3.8, 4) is 0 Å². The molecule has 2 aromatic rings. The quantitative estimate of drug-likeness (QED) is 0.0940. The summed E-state index contributed by atoms with van der Waals surface area (Å²) >= 11 is 0. The molecule has 0 spiro atoms. The van der Waals surface area contributed by atoms with Crippen molar-refractivity contribution in [2.75, 3.05) is 41.0 Å². The molecule has 0 aliphatic heterocycles. The maximum Gasteiger partial charge on any atom is 0.230 e. The van der Waals surface area contributed by atoms with Crippen molar-refractivity contribution in [3.63, 3.8) is 0 Å². The van der Waals surface area contributed by atoms with Gasteiger partial charge in [0.1, 0.15) is 0 Å². The standard InChI is InChI=1S/C28H39N5O4S2/c29-23-14-8-9-15-24(23)33-26(35)17-7-3-11-19-31-28(37)21-39-38-20-27(36)30-18-10-2-6-16-25(34)32-22-12-4-1-5-13-22/h1,4-5,8-9,12-15H,2-3,6-7,10-11,16-21,29H2,(H,30,36)(H,31,37)(H,32,34)(H,33,35). The van der Waals surface area contributed by atoms with Gasteiger partial charge < -0.3 is 27.0 Å². The molecule has 39 heavy (non-hydrogen) atoms. The Kier molecular flexibility index (Phi) is 16.3. The van der Waals surface area contributed by atoms with Gasteiger partial charge >= 0.3 is 0 Å². The highest BCUT2D eigenvalue weighted by Crippen LogP contribution is 2.20. The number of amides is 4. The van der Waals surface area contributed by atoms with Crippen LogP contribution in [-0.4, -0.2) is 48.2 Å². The molecule has 0 bridgehead atoms. The smallest absolute Gasteiger partial charge is 0.230 e. The van der Waals surface area contributed by atoms with Crippen molar-refractivity contribution in [1.29, 1.82) is 0 Å². The van der Waals surface area contributed by atoms with Crippen molar-refractivity contribution in [1.82, 2.24) is 10.6 Å². The topological polar surface area (TPSA) is 142 Å². The zero-order valence-corrected chi connectivity index (χ0v) is 23.8. The van der Waals surface area contributed by atoms with Gasteiger partial charge in [0.25, 0.3) is 0 Å². The summed E-state index contributed by atoms with van der Waals surface area (Å²) < 4.78 is 0. The number of rotatable bonds is 19. The molecule has 4 amide bonds. The van der Waals surface area contributed by atoms with Crippen molar-refractivity contribution < 1.29 is 19.2 Å². The molecule has 0 atom stereocenters. The van der Waals surface area contributed by atoms with E-state index in [2.05, 4.69) is 21.3 Å². The van der Waals surface area contributed by atoms with E-state index in [1.54, 1.807) is 12.1 Å². The van der Waals surface area contributed by atoms with Crippen molar-refractivity contribution in [2.45, 2.75) is 51.4 Å². The largest absolute Gasteiger partial charge is 0.397 e. The first-order valence-corrected chi connectivity index (χ1v) is 15.7. The Balaban J connectivity index is 1.36. The van der Waals surface area contributed by atoms with Crippen LogP contribution >= 0.6 is 21.6 Å². The van der Waals surface area contributed by atoms with Gasteiger partial charge in [-0.25, -0.2) is 0 Å². The first-order chi connectivity index (χ1) is 18.9. The van der Waals surface area contributed by atoms with E-state index in [4.69, 9.17) is 5.73 Å². The van der Waals surface area contributed by atoms with Gasteiger partial charge in [0.15, 0.2) is 0 Å². The Hall–Kier alpha value is -3.18. The number of nitrogen functional groups attached to an aromatic ring is 1. The third kappa shape index (κ3) is 15.7. The fourth-order valence-electron chi connectivity index (χ4n) is 3.49. The Bertz CT molecular complexity index is 1040. The van der Waals surface area contributed by atoms with Gasteiger partial charge in [-0.15, -0.1) is 0 Å². The van der Waals surface area contributed by atoms with Crippen LogP contribution in [0.5, 0.6) is 0 Å². The van der Waals surface area contributed by atoms with E-state index in [0.29, 0.717) is 37.3 Å². The minimum absolute atomic E-state index is 0.00225. The maximum absolute atomic E-state index is 12.0. The molecule has 0 aliphatic rings. The van der Waals surface area contributed by atoms with E-state index < -0.39 is 0 Å². The number of nitrogens with two attached hydrogens (primary N) is 1. The maximum atomic E-state index is 12.0. The molecule has 11 heteroatoms. The van der Waals surface area contributed by atoms with Gasteiger partial charge in [-0.2, -0.15) is 0 Å². The highest BCUT2D eigenvalue weighted by atomic mass is 33.1. The molecule has 0 fully saturated rings. The van der Waals surface area contributed by atoms with Crippen LogP contribution in [0.2, 0.25) is 0 Å². The van der Waals surface area contributed by atoms with Crippen LogP contribution in [0.3, 0.4) is 0 Å². The Morgan fingerprint density at radius 2 is 1.10 bits per heavy atom. The van der Waals surface area contributed by atoms with Gasteiger partial charge in [0.2, 0.25) is 23.6 Å². The molecule has 212 valence electrons. The summed E-state index contributed by atoms with van der Waals surface area (Å²) in [6.45, 7) is 1.14. The van der Waals surface area contributed by atoms with E-state index in [1.807, 2.05) is 42.5 Å². The highest BCUT2D eigenvalue weighted by molar-refractivity contribution is 8.77. The molecular formula is C28H39N5O4S2. The number of hydrogen-bond acceptors (Lipinski definition) is 7. The molecule has 0 aromatic heterocycles. The summed E-state index contributed by atoms with van der Waals surface area (Å²) in [6.07, 6.45) is 5.68. The van der Waals surface area contributed by atoms with E-state index in [-0.39, 0.29) is 35.1 Å². The van der Waals surface area contributed by atoms with Crippen LogP contribution in [0.1, 0.15) is 51.4 Å². The van der Waals surface area contributed by atoms with Gasteiger partial charge in [0.05, 0.1) is 22.9 Å². The number of anilines is 3. The van der Waals surface area contributed by atoms with Crippen molar-refractivity contribution >= 4 is 62.3 Å². The van der Waals surface area contributed by atoms with E-state index >= 15 is 0 Å². The second kappa shape index (κ2) is 19.8. The minimum Gasteiger partial charge on any atom is -0.397 e. The first kappa shape index (κ1) is 32.0. The molecule has 0 aliphatic carbocycles. The lowest BCUT2D eigenvalue weighted by molar-refractivity contribution is -0.119. The summed E-state index contributed by atoms with van der Waals surface area (Å²) in [5.41, 5.74) is 7.78. The number of benzene rings is 2. The predicted octanol–water partition coefficient (Wildman–Crippen LogP) is 4.58. The van der Waals surface area contributed by atoms with Crippen LogP contribution in [0, 0.1) is 0 Å². The number of carbonyl (C=O) groups excluding carboxylic acids is 4. The average molecular weight is 574 g/mol. The molecule has 0 radical (unpaired) electrons. The summed E-state index contributed by atoms with van der Waals surface area (Å²) in [4.78, 5) is 47.8. The highest BCUT2D eigenvalue weighted by Gasteiger charge is 2.07. The number of carbonyl (C=O) groups is 4. The molecule has 0 saturated carbocycles.